The molecule has 1 aromatic carbocycles. The molecule has 1 aliphatic heterocycles. The lowest BCUT2D eigenvalue weighted by Gasteiger charge is -2.41. The van der Waals surface area contributed by atoms with Crippen molar-refractivity contribution in [3.63, 3.8) is 0 Å². The Hall–Kier alpha value is -1.14. The van der Waals surface area contributed by atoms with Gasteiger partial charge < -0.3 is 9.64 Å². The molecule has 2 rings (SSSR count). The first-order valence-corrected chi connectivity index (χ1v) is 7.23. The molecule has 0 saturated carbocycles. The second-order valence-electron chi connectivity index (χ2n) is 5.46. The maximum absolute atomic E-state index is 5.83. The van der Waals surface area contributed by atoms with E-state index in [9.17, 15) is 0 Å². The Bertz CT molecular complexity index is 426. The normalized spacial score (nSPS) is 22.7. The van der Waals surface area contributed by atoms with E-state index >= 15 is 0 Å². The molecule has 1 fully saturated rings. The van der Waals surface area contributed by atoms with Crippen LogP contribution in [0.25, 0.3) is 0 Å². The summed E-state index contributed by atoms with van der Waals surface area (Å²) < 4.78 is 5.58. The highest BCUT2D eigenvalue weighted by Gasteiger charge is 2.30. The van der Waals surface area contributed by atoms with Gasteiger partial charge in [0.05, 0.1) is 12.6 Å². The van der Waals surface area contributed by atoms with Gasteiger partial charge in [-0.05, 0) is 38.7 Å². The number of hydrogen-bond acceptors (Lipinski definition) is 5. The zero-order chi connectivity index (χ0) is 14.5. The van der Waals surface area contributed by atoms with E-state index in [0.717, 1.165) is 25.4 Å². The number of piperazine rings is 1. The largest absolute Gasteiger partial charge is 0.494 e. The Morgan fingerprint density at radius 1 is 1.40 bits per heavy atom. The van der Waals surface area contributed by atoms with E-state index < -0.39 is 0 Å². The third-order valence-electron chi connectivity index (χ3n) is 3.99. The monoisotopic (exact) mass is 278 g/mol. The predicted molar refractivity (Wildman–Crippen MR) is 81.6 cm³/mol. The van der Waals surface area contributed by atoms with Crippen LogP contribution in [0.1, 0.15) is 18.5 Å². The van der Waals surface area contributed by atoms with Gasteiger partial charge in [0.2, 0.25) is 0 Å². The van der Waals surface area contributed by atoms with E-state index in [1.54, 1.807) is 0 Å². The summed E-state index contributed by atoms with van der Waals surface area (Å²) in [6.45, 7) is 5.84. The summed E-state index contributed by atoms with van der Waals surface area (Å²) >= 11 is 0. The summed E-state index contributed by atoms with van der Waals surface area (Å²) in [5, 5.41) is 0. The number of benzene rings is 1. The lowest BCUT2D eigenvalue weighted by atomic mass is 9.96. The molecule has 0 aromatic heterocycles. The van der Waals surface area contributed by atoms with E-state index in [1.807, 2.05) is 19.1 Å². The van der Waals surface area contributed by atoms with Crippen molar-refractivity contribution in [1.82, 2.24) is 15.2 Å². The van der Waals surface area contributed by atoms with Gasteiger partial charge in [0, 0.05) is 25.7 Å². The average molecular weight is 278 g/mol. The SMILES string of the molecule is CCOc1cccc(C(NN)C2CN(C)CCN2C)c1. The van der Waals surface area contributed by atoms with Crippen LogP contribution in [0.3, 0.4) is 0 Å². The number of nitrogens with zero attached hydrogens (tertiary/aromatic N) is 2. The highest BCUT2D eigenvalue weighted by Crippen LogP contribution is 2.25. The molecule has 5 nitrogen and oxygen atoms in total. The Labute approximate surface area is 121 Å². The van der Waals surface area contributed by atoms with E-state index in [-0.39, 0.29) is 6.04 Å². The van der Waals surface area contributed by atoms with Crippen LogP contribution in [-0.4, -0.2) is 56.2 Å². The molecule has 1 heterocycles. The van der Waals surface area contributed by atoms with Gasteiger partial charge in [-0.1, -0.05) is 12.1 Å². The molecule has 0 radical (unpaired) electrons. The summed E-state index contributed by atoms with van der Waals surface area (Å²) in [7, 11) is 4.32. The lowest BCUT2D eigenvalue weighted by Crippen LogP contribution is -2.56. The third kappa shape index (κ3) is 3.49. The highest BCUT2D eigenvalue weighted by molar-refractivity contribution is 5.31. The van der Waals surface area contributed by atoms with Crippen LogP contribution in [0.2, 0.25) is 0 Å². The number of hydrogen-bond donors (Lipinski definition) is 2. The van der Waals surface area contributed by atoms with Crippen molar-refractivity contribution in [3.8, 4) is 5.75 Å². The van der Waals surface area contributed by atoms with Crippen LogP contribution >= 0.6 is 0 Å². The summed E-state index contributed by atoms with van der Waals surface area (Å²) in [6, 6.07) is 8.65. The number of likely N-dealkylation sites (N-methyl/N-ethyl adjacent to an activating group) is 2. The fourth-order valence-corrected chi connectivity index (χ4v) is 2.80. The number of ether oxygens (including phenoxy) is 1. The molecule has 112 valence electrons. The molecule has 20 heavy (non-hydrogen) atoms. The molecular weight excluding hydrogens is 252 g/mol. The highest BCUT2D eigenvalue weighted by atomic mass is 16.5. The zero-order valence-corrected chi connectivity index (χ0v) is 12.7. The molecule has 0 bridgehead atoms. The predicted octanol–water partition coefficient (Wildman–Crippen LogP) is 0.836. The van der Waals surface area contributed by atoms with E-state index in [2.05, 4.69) is 41.5 Å². The fourth-order valence-electron chi connectivity index (χ4n) is 2.80. The molecule has 3 N–H and O–H groups in total. The molecular formula is C15H26N4O. The average Bonchev–Trinajstić information content (AvgIpc) is 2.44. The Kier molecular flexibility index (Phi) is 5.37. The van der Waals surface area contributed by atoms with Crippen LogP contribution in [-0.2, 0) is 0 Å². The van der Waals surface area contributed by atoms with Crippen molar-refractivity contribution in [2.75, 3.05) is 40.3 Å². The second-order valence-corrected chi connectivity index (χ2v) is 5.46. The minimum atomic E-state index is 0.100. The number of nitrogens with one attached hydrogen (secondary N) is 1. The third-order valence-corrected chi connectivity index (χ3v) is 3.99. The first-order chi connectivity index (χ1) is 9.65. The van der Waals surface area contributed by atoms with Crippen LogP contribution < -0.4 is 16.0 Å². The zero-order valence-electron chi connectivity index (χ0n) is 12.7. The Morgan fingerprint density at radius 3 is 2.90 bits per heavy atom. The minimum Gasteiger partial charge on any atom is -0.494 e. The maximum Gasteiger partial charge on any atom is 0.119 e. The Balaban J connectivity index is 2.20. The van der Waals surface area contributed by atoms with Crippen LogP contribution in [0.15, 0.2) is 24.3 Å². The summed E-state index contributed by atoms with van der Waals surface area (Å²) in [5.41, 5.74) is 4.16. The quantitative estimate of drug-likeness (QED) is 0.617. The molecule has 1 aliphatic rings. The lowest BCUT2D eigenvalue weighted by molar-refractivity contribution is 0.0876. The Morgan fingerprint density at radius 2 is 2.20 bits per heavy atom. The molecule has 2 unspecified atom stereocenters. The van der Waals surface area contributed by atoms with Gasteiger partial charge in [-0.3, -0.25) is 16.2 Å². The van der Waals surface area contributed by atoms with E-state index in [1.165, 1.54) is 5.56 Å². The van der Waals surface area contributed by atoms with E-state index in [0.29, 0.717) is 12.6 Å². The van der Waals surface area contributed by atoms with Gasteiger partial charge in [-0.15, -0.1) is 0 Å². The molecule has 5 heteroatoms. The van der Waals surface area contributed by atoms with Gasteiger partial charge in [0.15, 0.2) is 0 Å². The van der Waals surface area contributed by atoms with Crippen molar-refractivity contribution in [2.45, 2.75) is 19.0 Å². The van der Waals surface area contributed by atoms with Gasteiger partial charge in [-0.2, -0.15) is 0 Å². The van der Waals surface area contributed by atoms with Crippen LogP contribution in [0.5, 0.6) is 5.75 Å². The van der Waals surface area contributed by atoms with Gasteiger partial charge >= 0.3 is 0 Å². The van der Waals surface area contributed by atoms with Crippen LogP contribution in [0.4, 0.5) is 0 Å². The van der Waals surface area contributed by atoms with Crippen LogP contribution in [0, 0.1) is 0 Å². The molecule has 1 aromatic rings. The minimum absolute atomic E-state index is 0.100. The number of hydrazine groups is 1. The maximum atomic E-state index is 5.83. The second kappa shape index (κ2) is 7.04. The smallest absolute Gasteiger partial charge is 0.119 e. The summed E-state index contributed by atoms with van der Waals surface area (Å²) in [4.78, 5) is 4.72. The van der Waals surface area contributed by atoms with Crippen molar-refractivity contribution in [3.05, 3.63) is 29.8 Å². The topological polar surface area (TPSA) is 53.8 Å². The van der Waals surface area contributed by atoms with Gasteiger partial charge in [0.25, 0.3) is 0 Å². The summed E-state index contributed by atoms with van der Waals surface area (Å²) in [5.74, 6) is 6.73. The van der Waals surface area contributed by atoms with Gasteiger partial charge in [-0.25, -0.2) is 0 Å². The first-order valence-electron chi connectivity index (χ1n) is 7.23. The standard InChI is InChI=1S/C15H26N4O/c1-4-20-13-7-5-6-12(10-13)15(17-16)14-11-18(2)8-9-19(14)3/h5-7,10,14-15,17H,4,8-9,11,16H2,1-3H3. The molecule has 2 atom stereocenters. The van der Waals surface area contributed by atoms with Crippen molar-refractivity contribution >= 4 is 0 Å². The van der Waals surface area contributed by atoms with Crippen molar-refractivity contribution in [1.29, 1.82) is 0 Å². The fraction of sp³-hybridized carbons (Fsp3) is 0.600. The number of nitrogens with two attached hydrogens (primary N) is 1. The van der Waals surface area contributed by atoms with E-state index in [4.69, 9.17) is 10.6 Å². The molecule has 0 spiro atoms. The number of rotatable bonds is 5. The first kappa shape index (κ1) is 15.3. The van der Waals surface area contributed by atoms with Gasteiger partial charge in [0.1, 0.15) is 5.75 Å². The van der Waals surface area contributed by atoms with Crippen molar-refractivity contribution in [2.24, 2.45) is 5.84 Å². The summed E-state index contributed by atoms with van der Waals surface area (Å²) in [6.07, 6.45) is 0. The molecule has 0 aliphatic carbocycles. The van der Waals surface area contributed by atoms with Crippen molar-refractivity contribution < 1.29 is 4.74 Å². The molecule has 0 amide bonds. The molecule has 1 saturated heterocycles.